The zero-order valence-corrected chi connectivity index (χ0v) is 18.6. The van der Waals surface area contributed by atoms with Gasteiger partial charge in [0.25, 0.3) is 0 Å². The lowest BCUT2D eigenvalue weighted by Crippen LogP contribution is -2.34. The molecule has 1 saturated heterocycles. The number of nitrogens with zero attached hydrogens (tertiary/aromatic N) is 2. The van der Waals surface area contributed by atoms with Gasteiger partial charge in [-0.15, -0.1) is 0 Å². The third-order valence-corrected chi connectivity index (χ3v) is 6.28. The van der Waals surface area contributed by atoms with Gasteiger partial charge in [-0.2, -0.15) is 0 Å². The maximum Gasteiger partial charge on any atom is 0.318 e. The van der Waals surface area contributed by atoms with E-state index in [1.807, 2.05) is 37.3 Å². The van der Waals surface area contributed by atoms with E-state index in [2.05, 4.69) is 35.8 Å². The molecule has 1 unspecified atom stereocenters. The number of carboxylic acids is 1. The minimum absolute atomic E-state index is 0.534. The number of anilines is 2. The zero-order valence-electron chi connectivity index (χ0n) is 18.6. The van der Waals surface area contributed by atoms with Crippen molar-refractivity contribution in [2.45, 2.75) is 46.0 Å². The highest BCUT2D eigenvalue weighted by Crippen LogP contribution is 2.39. The van der Waals surface area contributed by atoms with E-state index < -0.39 is 11.4 Å². The number of carboxylic acid groups (broad SMARTS) is 1. The first-order chi connectivity index (χ1) is 14.4. The Kier molecular flexibility index (Phi) is 6.91. The van der Waals surface area contributed by atoms with Gasteiger partial charge in [-0.1, -0.05) is 18.2 Å². The van der Waals surface area contributed by atoms with E-state index in [1.165, 1.54) is 12.8 Å². The van der Waals surface area contributed by atoms with Crippen molar-refractivity contribution in [3.05, 3.63) is 53.6 Å². The predicted molar refractivity (Wildman–Crippen MR) is 123 cm³/mol. The molecule has 1 fully saturated rings. The molecule has 0 amide bonds. The van der Waals surface area contributed by atoms with Crippen LogP contribution in [0.4, 0.5) is 11.4 Å². The van der Waals surface area contributed by atoms with Crippen molar-refractivity contribution in [1.29, 1.82) is 0 Å². The smallest absolute Gasteiger partial charge is 0.318 e. The number of carbonyl (C=O) groups is 1. The molecule has 0 aliphatic carbocycles. The number of benzene rings is 2. The summed E-state index contributed by atoms with van der Waals surface area (Å²) in [6, 6.07) is 13.8. The number of hydrogen-bond acceptors (Lipinski definition) is 4. The Labute approximate surface area is 180 Å². The van der Waals surface area contributed by atoms with E-state index in [0.717, 1.165) is 54.4 Å². The Morgan fingerprint density at radius 3 is 2.17 bits per heavy atom. The Balaban J connectivity index is 2.02. The van der Waals surface area contributed by atoms with Crippen LogP contribution < -0.4 is 14.5 Å². The van der Waals surface area contributed by atoms with Crippen LogP contribution in [0.2, 0.25) is 0 Å². The van der Waals surface area contributed by atoms with Gasteiger partial charge in [0, 0.05) is 31.9 Å². The molecule has 0 spiro atoms. The molecular formula is C25H34N2O3. The molecule has 162 valence electrons. The van der Waals surface area contributed by atoms with E-state index in [9.17, 15) is 9.90 Å². The fourth-order valence-corrected chi connectivity index (χ4v) is 4.32. The molecule has 2 aromatic carbocycles. The van der Waals surface area contributed by atoms with Crippen LogP contribution in [0.1, 0.15) is 51.7 Å². The average molecular weight is 411 g/mol. The van der Waals surface area contributed by atoms with Crippen LogP contribution >= 0.6 is 0 Å². The van der Waals surface area contributed by atoms with Crippen molar-refractivity contribution in [1.82, 2.24) is 0 Å². The van der Waals surface area contributed by atoms with Gasteiger partial charge in [-0.3, -0.25) is 4.79 Å². The lowest BCUT2D eigenvalue weighted by Gasteiger charge is -2.30. The molecule has 1 heterocycles. The topological polar surface area (TPSA) is 53.0 Å². The summed E-state index contributed by atoms with van der Waals surface area (Å²) in [6.07, 6.45) is 2.43. The fraction of sp³-hybridized carbons (Fsp3) is 0.480. The number of ether oxygens (including phenoxy) is 1. The lowest BCUT2D eigenvalue weighted by molar-refractivity contribution is -0.141. The quantitative estimate of drug-likeness (QED) is 0.636. The molecule has 0 radical (unpaired) electrons. The molecule has 1 aliphatic rings. The van der Waals surface area contributed by atoms with Crippen molar-refractivity contribution in [3.63, 3.8) is 0 Å². The molecule has 1 aliphatic heterocycles. The van der Waals surface area contributed by atoms with E-state index in [0.29, 0.717) is 6.61 Å². The van der Waals surface area contributed by atoms with Gasteiger partial charge in [0.15, 0.2) is 0 Å². The Bertz CT molecular complexity index is 855. The molecule has 2 aromatic rings. The van der Waals surface area contributed by atoms with E-state index in [1.54, 1.807) is 6.92 Å². The maximum absolute atomic E-state index is 12.5. The van der Waals surface area contributed by atoms with Crippen LogP contribution in [-0.2, 0) is 10.2 Å². The van der Waals surface area contributed by atoms with Crippen molar-refractivity contribution >= 4 is 17.3 Å². The third-order valence-electron chi connectivity index (χ3n) is 6.28. The van der Waals surface area contributed by atoms with Crippen LogP contribution in [0.15, 0.2) is 42.5 Å². The summed E-state index contributed by atoms with van der Waals surface area (Å²) in [5, 5.41) is 10.3. The van der Waals surface area contributed by atoms with E-state index >= 15 is 0 Å². The molecule has 3 rings (SSSR count). The lowest BCUT2D eigenvalue weighted by atomic mass is 9.76. The number of aliphatic carboxylic acids is 1. The van der Waals surface area contributed by atoms with Gasteiger partial charge in [0.2, 0.25) is 0 Å². The molecule has 0 aromatic heterocycles. The third kappa shape index (κ3) is 4.11. The van der Waals surface area contributed by atoms with Crippen molar-refractivity contribution < 1.29 is 14.6 Å². The second-order valence-corrected chi connectivity index (χ2v) is 7.96. The standard InChI is InChI=1S/C25H34N2O3/c1-5-26(6-2)22-15-12-20(18-23(22)30-7-3)25(4,24(28)29)19-10-13-21(14-11-19)27-16-8-9-17-27/h10-15,18H,5-9,16-17H2,1-4H3,(H,28,29). The summed E-state index contributed by atoms with van der Waals surface area (Å²) < 4.78 is 5.92. The van der Waals surface area contributed by atoms with E-state index in [-0.39, 0.29) is 0 Å². The summed E-state index contributed by atoms with van der Waals surface area (Å²) >= 11 is 0. The van der Waals surface area contributed by atoms with Crippen LogP contribution in [0.25, 0.3) is 0 Å². The van der Waals surface area contributed by atoms with Gasteiger partial charge >= 0.3 is 5.97 Å². The Morgan fingerprint density at radius 2 is 1.63 bits per heavy atom. The van der Waals surface area contributed by atoms with Gasteiger partial charge in [0.05, 0.1) is 12.3 Å². The summed E-state index contributed by atoms with van der Waals surface area (Å²) in [4.78, 5) is 17.1. The highest BCUT2D eigenvalue weighted by molar-refractivity contribution is 5.86. The summed E-state index contributed by atoms with van der Waals surface area (Å²) in [7, 11) is 0. The second-order valence-electron chi connectivity index (χ2n) is 7.96. The first-order valence-electron chi connectivity index (χ1n) is 11.1. The SMILES string of the molecule is CCOc1cc(C(C)(C(=O)O)c2ccc(N3CCCC3)cc2)ccc1N(CC)CC. The highest BCUT2D eigenvalue weighted by atomic mass is 16.5. The molecule has 5 heteroatoms. The largest absolute Gasteiger partial charge is 0.492 e. The van der Waals surface area contributed by atoms with Crippen LogP contribution in [0, 0.1) is 0 Å². The molecule has 0 saturated carbocycles. The average Bonchev–Trinajstić information content (AvgIpc) is 3.30. The molecule has 5 nitrogen and oxygen atoms in total. The van der Waals surface area contributed by atoms with Crippen LogP contribution in [0.5, 0.6) is 5.75 Å². The molecule has 1 atom stereocenters. The second kappa shape index (κ2) is 9.41. The van der Waals surface area contributed by atoms with Gasteiger partial charge in [-0.25, -0.2) is 0 Å². The maximum atomic E-state index is 12.5. The predicted octanol–water partition coefficient (Wildman–Crippen LogP) is 4.92. The van der Waals surface area contributed by atoms with Crippen LogP contribution in [0.3, 0.4) is 0 Å². The van der Waals surface area contributed by atoms with Gasteiger partial charge < -0.3 is 19.6 Å². The minimum atomic E-state index is -1.16. The normalized spacial score (nSPS) is 15.7. The summed E-state index contributed by atoms with van der Waals surface area (Å²) in [6.45, 7) is 12.3. The minimum Gasteiger partial charge on any atom is -0.492 e. The van der Waals surface area contributed by atoms with Crippen molar-refractivity contribution in [2.75, 3.05) is 42.6 Å². The number of rotatable bonds is 9. The van der Waals surface area contributed by atoms with E-state index in [4.69, 9.17) is 4.74 Å². The monoisotopic (exact) mass is 410 g/mol. The zero-order chi connectivity index (χ0) is 21.7. The van der Waals surface area contributed by atoms with Crippen molar-refractivity contribution in [3.8, 4) is 5.75 Å². The molecule has 0 bridgehead atoms. The Morgan fingerprint density at radius 1 is 1.03 bits per heavy atom. The van der Waals surface area contributed by atoms with Gasteiger partial charge in [0.1, 0.15) is 11.2 Å². The molecule has 1 N–H and O–H groups in total. The fourth-order valence-electron chi connectivity index (χ4n) is 4.32. The van der Waals surface area contributed by atoms with Crippen LogP contribution in [-0.4, -0.2) is 43.9 Å². The summed E-state index contributed by atoms with van der Waals surface area (Å²) in [5.74, 6) is -0.130. The first-order valence-corrected chi connectivity index (χ1v) is 11.1. The number of hydrogen-bond donors (Lipinski definition) is 1. The Hall–Kier alpha value is -2.69. The molecule has 30 heavy (non-hydrogen) atoms. The van der Waals surface area contributed by atoms with Gasteiger partial charge in [-0.05, 0) is 75.9 Å². The highest BCUT2D eigenvalue weighted by Gasteiger charge is 2.38. The van der Waals surface area contributed by atoms with Crippen molar-refractivity contribution in [2.24, 2.45) is 0 Å². The summed E-state index contributed by atoms with van der Waals surface area (Å²) in [5.41, 5.74) is 2.51. The first kappa shape index (κ1) is 22.0. The molecular weight excluding hydrogens is 376 g/mol.